The number of carbonyl (C=O) groups is 1. The largest absolute Gasteiger partial charge is 0.352 e. The average Bonchev–Trinajstić information content (AvgIpc) is 2.67. The van der Waals surface area contributed by atoms with E-state index >= 15 is 0 Å². The first kappa shape index (κ1) is 20.6. The van der Waals surface area contributed by atoms with E-state index in [1.54, 1.807) is 0 Å². The van der Waals surface area contributed by atoms with Crippen molar-refractivity contribution >= 4 is 15.9 Å². The van der Waals surface area contributed by atoms with Crippen LogP contribution in [-0.2, 0) is 21.2 Å². The topological polar surface area (TPSA) is 90.3 Å². The molecule has 2 aromatic carbocycles. The molecule has 1 unspecified atom stereocenters. The Hall–Kier alpha value is -2.69. The highest BCUT2D eigenvalue weighted by Crippen LogP contribution is 2.15. The molecule has 1 N–H and O–H groups in total. The molecule has 0 aliphatic rings. The first-order valence-corrected chi connectivity index (χ1v) is 10.1. The van der Waals surface area contributed by atoms with Gasteiger partial charge in [-0.2, -0.15) is 9.57 Å². The normalized spacial score (nSPS) is 12.4. The zero-order valence-electron chi connectivity index (χ0n) is 15.4. The van der Waals surface area contributed by atoms with Gasteiger partial charge in [0.2, 0.25) is 15.9 Å². The highest BCUT2D eigenvalue weighted by atomic mass is 32.2. The van der Waals surface area contributed by atoms with Crippen LogP contribution in [0.4, 0.5) is 0 Å². The van der Waals surface area contributed by atoms with E-state index < -0.39 is 10.0 Å². The van der Waals surface area contributed by atoms with Gasteiger partial charge in [0.05, 0.1) is 23.1 Å². The molecular weight excluding hydrogens is 362 g/mol. The van der Waals surface area contributed by atoms with Gasteiger partial charge < -0.3 is 5.32 Å². The van der Waals surface area contributed by atoms with E-state index in [0.29, 0.717) is 5.56 Å². The summed E-state index contributed by atoms with van der Waals surface area (Å²) >= 11 is 0. The lowest BCUT2D eigenvalue weighted by atomic mass is 10.1. The zero-order chi connectivity index (χ0) is 19.9. The number of sulfonamides is 1. The maximum Gasteiger partial charge on any atom is 0.243 e. The summed E-state index contributed by atoms with van der Waals surface area (Å²) in [6, 6.07) is 17.5. The predicted octanol–water partition coefficient (Wildman–Crippen LogP) is 2.32. The molecule has 0 heterocycles. The Morgan fingerprint density at radius 1 is 1.15 bits per heavy atom. The number of benzene rings is 2. The van der Waals surface area contributed by atoms with Crippen LogP contribution in [0.1, 0.15) is 24.5 Å². The van der Waals surface area contributed by atoms with E-state index in [-0.39, 0.29) is 23.4 Å². The maximum atomic E-state index is 12.5. The molecule has 27 heavy (non-hydrogen) atoms. The molecule has 0 aromatic heterocycles. The molecule has 142 valence electrons. The van der Waals surface area contributed by atoms with E-state index in [2.05, 4.69) is 5.32 Å². The molecule has 1 amide bonds. The van der Waals surface area contributed by atoms with Gasteiger partial charge in [0, 0.05) is 13.1 Å². The van der Waals surface area contributed by atoms with Gasteiger partial charge in [0.15, 0.2) is 0 Å². The third kappa shape index (κ3) is 5.91. The quantitative estimate of drug-likeness (QED) is 0.755. The molecule has 0 aliphatic carbocycles. The van der Waals surface area contributed by atoms with Gasteiger partial charge in [-0.25, -0.2) is 8.42 Å². The Morgan fingerprint density at radius 2 is 1.78 bits per heavy atom. The third-order valence-electron chi connectivity index (χ3n) is 4.17. The fraction of sp³-hybridized carbons (Fsp3) is 0.300. The Labute approximate surface area is 160 Å². The molecule has 0 bridgehead atoms. The Morgan fingerprint density at radius 3 is 2.37 bits per heavy atom. The molecule has 0 fully saturated rings. The van der Waals surface area contributed by atoms with Gasteiger partial charge in [-0.15, -0.1) is 0 Å². The summed E-state index contributed by atoms with van der Waals surface area (Å²) in [5.74, 6) is -0.352. The smallest absolute Gasteiger partial charge is 0.243 e. The number of nitriles is 1. The number of aryl methyl sites for hydroxylation is 1. The Balaban J connectivity index is 1.88. The average molecular weight is 385 g/mol. The number of nitrogens with one attached hydrogen (secondary N) is 1. The van der Waals surface area contributed by atoms with Crippen LogP contribution in [0.2, 0.25) is 0 Å². The lowest BCUT2D eigenvalue weighted by Gasteiger charge is -2.19. The number of nitrogens with zero attached hydrogens (tertiary/aromatic N) is 2. The lowest BCUT2D eigenvalue weighted by Crippen LogP contribution is -2.41. The van der Waals surface area contributed by atoms with Crippen LogP contribution in [-0.4, -0.2) is 38.3 Å². The summed E-state index contributed by atoms with van der Waals surface area (Å²) in [5.41, 5.74) is 1.57. The monoisotopic (exact) mass is 385 g/mol. The molecular formula is C20H23N3O3S. The minimum Gasteiger partial charge on any atom is -0.352 e. The van der Waals surface area contributed by atoms with Gasteiger partial charge in [0.1, 0.15) is 0 Å². The fourth-order valence-electron chi connectivity index (χ4n) is 2.59. The number of carbonyl (C=O) groups excluding carboxylic acids is 1. The van der Waals surface area contributed by atoms with Gasteiger partial charge >= 0.3 is 0 Å². The molecule has 0 saturated heterocycles. The van der Waals surface area contributed by atoms with E-state index in [1.165, 1.54) is 36.9 Å². The van der Waals surface area contributed by atoms with Gasteiger partial charge in [-0.3, -0.25) is 4.79 Å². The maximum absolute atomic E-state index is 12.5. The molecule has 0 spiro atoms. The first-order chi connectivity index (χ1) is 12.8. The minimum atomic E-state index is -3.79. The molecule has 0 aliphatic heterocycles. The van der Waals surface area contributed by atoms with Gasteiger partial charge in [-0.1, -0.05) is 30.3 Å². The van der Waals surface area contributed by atoms with Crippen molar-refractivity contribution in [3.8, 4) is 6.07 Å². The predicted molar refractivity (Wildman–Crippen MR) is 103 cm³/mol. The van der Waals surface area contributed by atoms with E-state index in [1.807, 2.05) is 43.3 Å². The van der Waals surface area contributed by atoms with Crippen LogP contribution in [0.15, 0.2) is 59.5 Å². The molecule has 1 atom stereocenters. The molecule has 7 heteroatoms. The van der Waals surface area contributed by atoms with Crippen LogP contribution in [0.3, 0.4) is 0 Å². The second-order valence-electron chi connectivity index (χ2n) is 6.39. The third-order valence-corrected chi connectivity index (χ3v) is 5.99. The van der Waals surface area contributed by atoms with E-state index in [9.17, 15) is 13.2 Å². The van der Waals surface area contributed by atoms with Crippen molar-refractivity contribution in [1.29, 1.82) is 5.26 Å². The number of rotatable bonds is 8. The zero-order valence-corrected chi connectivity index (χ0v) is 16.2. The Kier molecular flexibility index (Phi) is 7.11. The highest BCUT2D eigenvalue weighted by Gasteiger charge is 2.23. The number of hydrogen-bond acceptors (Lipinski definition) is 4. The van der Waals surface area contributed by atoms with Crippen LogP contribution < -0.4 is 5.32 Å². The van der Waals surface area contributed by atoms with Crippen molar-refractivity contribution in [1.82, 2.24) is 9.62 Å². The van der Waals surface area contributed by atoms with Crippen molar-refractivity contribution in [2.45, 2.75) is 30.7 Å². The second-order valence-corrected chi connectivity index (χ2v) is 8.43. The molecule has 2 rings (SSSR count). The summed E-state index contributed by atoms with van der Waals surface area (Å²) in [7, 11) is -2.42. The summed E-state index contributed by atoms with van der Waals surface area (Å²) in [4.78, 5) is 12.2. The first-order valence-electron chi connectivity index (χ1n) is 8.62. The van der Waals surface area contributed by atoms with Crippen LogP contribution in [0.5, 0.6) is 0 Å². The molecule has 0 saturated carbocycles. The number of amides is 1. The van der Waals surface area contributed by atoms with Crippen molar-refractivity contribution in [2.75, 3.05) is 13.6 Å². The minimum absolute atomic E-state index is 0.0499. The SMILES string of the molecule is CC(CCc1ccccc1)NC(=O)CN(C)S(=O)(=O)c1ccc(C#N)cc1. The van der Waals surface area contributed by atoms with Crippen molar-refractivity contribution in [3.63, 3.8) is 0 Å². The van der Waals surface area contributed by atoms with Crippen LogP contribution >= 0.6 is 0 Å². The molecule has 6 nitrogen and oxygen atoms in total. The van der Waals surface area contributed by atoms with E-state index in [0.717, 1.165) is 17.1 Å². The summed E-state index contributed by atoms with van der Waals surface area (Å²) in [6.45, 7) is 1.63. The van der Waals surface area contributed by atoms with Gasteiger partial charge in [0.25, 0.3) is 0 Å². The summed E-state index contributed by atoms with van der Waals surface area (Å²) in [5, 5.41) is 11.6. The molecule has 2 aromatic rings. The number of hydrogen-bond donors (Lipinski definition) is 1. The second kappa shape index (κ2) is 9.31. The van der Waals surface area contributed by atoms with Crippen LogP contribution in [0, 0.1) is 11.3 Å². The van der Waals surface area contributed by atoms with Crippen molar-refractivity contribution < 1.29 is 13.2 Å². The van der Waals surface area contributed by atoms with Crippen molar-refractivity contribution in [2.24, 2.45) is 0 Å². The lowest BCUT2D eigenvalue weighted by molar-refractivity contribution is -0.121. The fourth-order valence-corrected chi connectivity index (χ4v) is 3.72. The Bertz CT molecular complexity index is 904. The van der Waals surface area contributed by atoms with E-state index in [4.69, 9.17) is 5.26 Å². The summed E-state index contributed by atoms with van der Waals surface area (Å²) in [6.07, 6.45) is 1.60. The number of likely N-dealkylation sites (N-methyl/N-ethyl adjacent to an activating group) is 1. The van der Waals surface area contributed by atoms with Crippen molar-refractivity contribution in [3.05, 3.63) is 65.7 Å². The summed E-state index contributed by atoms with van der Waals surface area (Å²) < 4.78 is 26.1. The standard InChI is InChI=1S/C20H23N3O3S/c1-16(8-9-17-6-4-3-5-7-17)22-20(24)15-23(2)27(25,26)19-12-10-18(14-21)11-13-19/h3-7,10-13,16H,8-9,15H2,1-2H3,(H,22,24). The highest BCUT2D eigenvalue weighted by molar-refractivity contribution is 7.89. The van der Waals surface area contributed by atoms with Crippen LogP contribution in [0.25, 0.3) is 0 Å². The van der Waals surface area contributed by atoms with Gasteiger partial charge in [-0.05, 0) is 49.6 Å². The molecule has 0 radical (unpaired) electrons.